The molecular weight excluding hydrogens is 218 g/mol. The predicted molar refractivity (Wildman–Crippen MR) is 67.0 cm³/mol. The molecule has 17 heavy (non-hydrogen) atoms. The average Bonchev–Trinajstić information content (AvgIpc) is 2.62. The van der Waals surface area contributed by atoms with Crippen LogP contribution in [-0.2, 0) is 4.79 Å². The van der Waals surface area contributed by atoms with E-state index in [9.17, 15) is 4.79 Å². The second-order valence-electron chi connectivity index (χ2n) is 4.17. The molecule has 0 aliphatic carbocycles. The molecule has 1 aliphatic heterocycles. The van der Waals surface area contributed by atoms with E-state index in [0.717, 1.165) is 18.7 Å². The van der Waals surface area contributed by atoms with Crippen molar-refractivity contribution in [3.8, 4) is 0 Å². The molecule has 5 nitrogen and oxygen atoms in total. The first-order valence-corrected chi connectivity index (χ1v) is 5.74. The number of aliphatic carboxylic acids is 1. The van der Waals surface area contributed by atoms with Crippen molar-refractivity contribution in [2.45, 2.75) is 32.9 Å². The number of allylic oxidation sites excluding steroid dienone is 2. The van der Waals surface area contributed by atoms with E-state index >= 15 is 0 Å². The van der Waals surface area contributed by atoms with E-state index in [1.54, 1.807) is 12.4 Å². The van der Waals surface area contributed by atoms with E-state index in [-0.39, 0.29) is 17.2 Å². The number of quaternary nitrogens is 1. The highest BCUT2D eigenvalue weighted by Crippen LogP contribution is 2.22. The van der Waals surface area contributed by atoms with Crippen molar-refractivity contribution in [3.05, 3.63) is 24.6 Å². The highest BCUT2D eigenvalue weighted by molar-refractivity contribution is 5.81. The van der Waals surface area contributed by atoms with Gasteiger partial charge in [-0.05, 0) is 13.3 Å². The normalized spacial score (nSPS) is 25.2. The second-order valence-corrected chi connectivity index (χ2v) is 4.17. The van der Waals surface area contributed by atoms with E-state index in [1.807, 2.05) is 26.0 Å². The zero-order chi connectivity index (χ0) is 12.9. The molecule has 0 spiro atoms. The Hall–Kier alpha value is -1.46. The molecular formula is C12H20N3O2+. The van der Waals surface area contributed by atoms with Crippen LogP contribution in [0, 0.1) is 0 Å². The van der Waals surface area contributed by atoms with Crippen LogP contribution in [0.5, 0.6) is 0 Å². The Morgan fingerprint density at radius 3 is 2.94 bits per heavy atom. The van der Waals surface area contributed by atoms with Crippen LogP contribution in [0.1, 0.15) is 26.7 Å². The summed E-state index contributed by atoms with van der Waals surface area (Å²) < 4.78 is 0.132. The lowest BCUT2D eigenvalue weighted by atomic mass is 10.2. The summed E-state index contributed by atoms with van der Waals surface area (Å²) in [5, 5.41) is 9.00. The summed E-state index contributed by atoms with van der Waals surface area (Å²) in [5.41, 5.74) is 5.93. The van der Waals surface area contributed by atoms with Crippen LogP contribution < -0.4 is 5.73 Å². The molecule has 0 aromatic carbocycles. The minimum absolute atomic E-state index is 0.0527. The summed E-state index contributed by atoms with van der Waals surface area (Å²) in [4.78, 5) is 15.2. The maximum Gasteiger partial charge on any atom is 0.360 e. The molecule has 0 saturated heterocycles. The highest BCUT2D eigenvalue weighted by atomic mass is 16.4. The number of amidine groups is 1. The largest absolute Gasteiger partial charge is 0.477 e. The molecule has 2 unspecified atom stereocenters. The smallest absolute Gasteiger partial charge is 0.360 e. The quantitative estimate of drug-likeness (QED) is 0.543. The van der Waals surface area contributed by atoms with Gasteiger partial charge in [-0.15, -0.1) is 0 Å². The molecule has 1 rings (SSSR count). The van der Waals surface area contributed by atoms with Gasteiger partial charge >= 0.3 is 5.97 Å². The van der Waals surface area contributed by atoms with Crippen molar-refractivity contribution in [3.63, 3.8) is 0 Å². The number of nitrogens with zero attached hydrogens (tertiary/aromatic N) is 2. The van der Waals surface area contributed by atoms with Crippen LogP contribution in [-0.4, -0.2) is 34.1 Å². The zero-order valence-electron chi connectivity index (χ0n) is 10.3. The fraction of sp³-hybridized carbons (Fsp3) is 0.500. The minimum Gasteiger partial charge on any atom is -0.477 e. The van der Waals surface area contributed by atoms with Gasteiger partial charge in [0, 0.05) is 13.3 Å². The first kappa shape index (κ1) is 13.6. The van der Waals surface area contributed by atoms with Gasteiger partial charge in [-0.25, -0.2) is 14.3 Å². The molecule has 0 aromatic rings. The first-order chi connectivity index (χ1) is 8.03. The van der Waals surface area contributed by atoms with E-state index in [0.29, 0.717) is 0 Å². The van der Waals surface area contributed by atoms with E-state index in [1.165, 1.54) is 0 Å². The Bertz CT molecular complexity index is 372. The standard InChI is InChI=1S/C12H19N3O2/c1-3-4-5-6-11-14-7-8-15(11,10(2)13)9-12(16)17/h3-4,7-8,10H,5-6,9,13H2,1-2H3/p+1/b4-3+. The summed E-state index contributed by atoms with van der Waals surface area (Å²) in [5.74, 6) is -0.0481. The van der Waals surface area contributed by atoms with Crippen molar-refractivity contribution in [1.82, 2.24) is 0 Å². The number of carboxylic acids is 1. The molecule has 0 saturated carbocycles. The SMILES string of the molecule is C/C=C/CCC1=NC=C[N+]1(CC(=O)O)C(C)N. The van der Waals surface area contributed by atoms with Gasteiger partial charge in [0.05, 0.1) is 6.20 Å². The van der Waals surface area contributed by atoms with Crippen molar-refractivity contribution in [1.29, 1.82) is 0 Å². The Kier molecular flexibility index (Phi) is 4.60. The minimum atomic E-state index is -0.868. The zero-order valence-corrected chi connectivity index (χ0v) is 10.3. The third-order valence-electron chi connectivity index (χ3n) is 2.93. The monoisotopic (exact) mass is 238 g/mol. The van der Waals surface area contributed by atoms with Gasteiger partial charge in [0.15, 0.2) is 6.54 Å². The van der Waals surface area contributed by atoms with E-state index in [2.05, 4.69) is 4.99 Å². The molecule has 5 heteroatoms. The lowest BCUT2D eigenvalue weighted by Crippen LogP contribution is -2.59. The summed E-state index contributed by atoms with van der Waals surface area (Å²) in [6, 6.07) is 0. The number of carboxylic acid groups (broad SMARTS) is 1. The number of carbonyl (C=O) groups is 1. The summed E-state index contributed by atoms with van der Waals surface area (Å²) in [7, 11) is 0. The fourth-order valence-electron chi connectivity index (χ4n) is 1.97. The third-order valence-corrected chi connectivity index (χ3v) is 2.93. The first-order valence-electron chi connectivity index (χ1n) is 5.74. The molecule has 1 aliphatic rings. The molecule has 2 atom stereocenters. The highest BCUT2D eigenvalue weighted by Gasteiger charge is 2.40. The van der Waals surface area contributed by atoms with Gasteiger partial charge in [-0.3, -0.25) is 5.73 Å². The molecule has 94 valence electrons. The van der Waals surface area contributed by atoms with Gasteiger partial charge in [-0.1, -0.05) is 12.2 Å². The van der Waals surface area contributed by atoms with E-state index in [4.69, 9.17) is 10.8 Å². The number of hydrogen-bond donors (Lipinski definition) is 2. The molecule has 0 radical (unpaired) electrons. The fourth-order valence-corrected chi connectivity index (χ4v) is 1.97. The van der Waals surface area contributed by atoms with Gasteiger partial charge < -0.3 is 5.11 Å². The summed E-state index contributed by atoms with van der Waals surface area (Å²) in [6.07, 6.45) is 8.70. The Balaban J connectivity index is 2.85. The maximum absolute atomic E-state index is 11.0. The Morgan fingerprint density at radius 2 is 2.41 bits per heavy atom. The molecule has 0 aromatic heterocycles. The second kappa shape index (κ2) is 5.75. The molecule has 0 bridgehead atoms. The van der Waals surface area contributed by atoms with Crippen molar-refractivity contribution >= 4 is 11.8 Å². The molecule has 0 fully saturated rings. The Labute approximate surface area is 102 Å². The lowest BCUT2D eigenvalue weighted by Gasteiger charge is -2.34. The lowest BCUT2D eigenvalue weighted by molar-refractivity contribution is -0.805. The third kappa shape index (κ3) is 3.01. The average molecular weight is 238 g/mol. The summed E-state index contributed by atoms with van der Waals surface area (Å²) in [6.45, 7) is 3.71. The number of rotatable bonds is 6. The van der Waals surface area contributed by atoms with Crippen molar-refractivity contribution in [2.24, 2.45) is 10.7 Å². The van der Waals surface area contributed by atoms with Crippen LogP contribution >= 0.6 is 0 Å². The number of nitrogens with two attached hydrogens (primary N) is 1. The van der Waals surface area contributed by atoms with Gasteiger partial charge in [-0.2, -0.15) is 0 Å². The van der Waals surface area contributed by atoms with Crippen LogP contribution in [0.25, 0.3) is 0 Å². The molecule has 3 N–H and O–H groups in total. The number of aliphatic imine (C=N–C) groups is 1. The topological polar surface area (TPSA) is 75.7 Å². The summed E-state index contributed by atoms with van der Waals surface area (Å²) >= 11 is 0. The van der Waals surface area contributed by atoms with Crippen LogP contribution in [0.15, 0.2) is 29.5 Å². The van der Waals surface area contributed by atoms with Gasteiger partial charge in [0.25, 0.3) is 0 Å². The number of hydrogen-bond acceptors (Lipinski definition) is 3. The van der Waals surface area contributed by atoms with Crippen molar-refractivity contribution < 1.29 is 14.4 Å². The molecule has 1 heterocycles. The van der Waals surface area contributed by atoms with Crippen LogP contribution in [0.3, 0.4) is 0 Å². The Morgan fingerprint density at radius 1 is 1.71 bits per heavy atom. The van der Waals surface area contributed by atoms with Gasteiger partial charge in [0.1, 0.15) is 12.4 Å². The predicted octanol–water partition coefficient (Wildman–Crippen LogP) is 1.43. The van der Waals surface area contributed by atoms with E-state index < -0.39 is 5.97 Å². The van der Waals surface area contributed by atoms with Crippen LogP contribution in [0.4, 0.5) is 0 Å². The molecule has 0 amide bonds. The van der Waals surface area contributed by atoms with Crippen molar-refractivity contribution in [2.75, 3.05) is 6.54 Å². The van der Waals surface area contributed by atoms with Crippen LogP contribution in [0.2, 0.25) is 0 Å². The van der Waals surface area contributed by atoms with Gasteiger partial charge in [0.2, 0.25) is 5.84 Å². The maximum atomic E-state index is 11.0.